The zero-order chi connectivity index (χ0) is 19.6. The summed E-state index contributed by atoms with van der Waals surface area (Å²) >= 11 is 0. The van der Waals surface area contributed by atoms with E-state index in [1.54, 1.807) is 23.0 Å². The molecular weight excluding hydrogens is 380 g/mol. The minimum absolute atomic E-state index is 0.119. The lowest BCUT2D eigenvalue weighted by atomic mass is 10.3. The quantitative estimate of drug-likeness (QED) is 0.704. The fraction of sp³-hybridized carbons (Fsp3) is 0.263. The summed E-state index contributed by atoms with van der Waals surface area (Å²) in [5, 5.41) is 2.79. The number of fused-ring (bicyclic) bond motifs is 1. The summed E-state index contributed by atoms with van der Waals surface area (Å²) in [4.78, 5) is 16.8. The smallest absolute Gasteiger partial charge is 0.244 e. The van der Waals surface area contributed by atoms with Crippen LogP contribution in [0, 0.1) is 0 Å². The molecule has 1 aliphatic heterocycles. The van der Waals surface area contributed by atoms with Crippen molar-refractivity contribution in [3.8, 4) is 0 Å². The van der Waals surface area contributed by atoms with Crippen LogP contribution in [0.3, 0.4) is 0 Å². The van der Waals surface area contributed by atoms with Crippen LogP contribution in [0.15, 0.2) is 59.8 Å². The number of aromatic nitrogens is 2. The number of morpholine rings is 1. The first-order valence-electron chi connectivity index (χ1n) is 8.92. The maximum Gasteiger partial charge on any atom is 0.244 e. The van der Waals surface area contributed by atoms with Gasteiger partial charge in [0.05, 0.1) is 35.5 Å². The number of hydrogen-bond donors (Lipinski definition) is 1. The Balaban J connectivity index is 1.43. The lowest BCUT2D eigenvalue weighted by molar-refractivity contribution is -0.116. The average Bonchev–Trinajstić information content (AvgIpc) is 3.12. The van der Waals surface area contributed by atoms with Crippen molar-refractivity contribution in [3.05, 3.63) is 54.9 Å². The molecule has 2 aromatic carbocycles. The monoisotopic (exact) mass is 400 g/mol. The Morgan fingerprint density at radius 2 is 1.79 bits per heavy atom. The number of carbonyl (C=O) groups excluding carboxylic acids is 1. The number of hydrogen-bond acceptors (Lipinski definition) is 5. The van der Waals surface area contributed by atoms with Crippen molar-refractivity contribution in [1.82, 2.24) is 13.9 Å². The van der Waals surface area contributed by atoms with E-state index in [1.165, 1.54) is 16.4 Å². The molecule has 1 fully saturated rings. The van der Waals surface area contributed by atoms with Crippen molar-refractivity contribution in [3.63, 3.8) is 0 Å². The highest BCUT2D eigenvalue weighted by Crippen LogP contribution is 2.19. The summed E-state index contributed by atoms with van der Waals surface area (Å²) in [6.45, 7) is 1.61. The number of amides is 1. The van der Waals surface area contributed by atoms with E-state index in [-0.39, 0.29) is 17.3 Å². The third-order valence-corrected chi connectivity index (χ3v) is 6.50. The number of rotatable bonds is 5. The van der Waals surface area contributed by atoms with E-state index < -0.39 is 10.0 Å². The lowest BCUT2D eigenvalue weighted by Gasteiger charge is -2.26. The Kier molecular flexibility index (Phi) is 5.12. The Morgan fingerprint density at radius 3 is 2.54 bits per heavy atom. The number of para-hydroxylation sites is 2. The number of imidazole rings is 1. The Hall–Kier alpha value is -2.75. The molecule has 0 atom stereocenters. The van der Waals surface area contributed by atoms with Gasteiger partial charge < -0.3 is 14.6 Å². The van der Waals surface area contributed by atoms with E-state index in [9.17, 15) is 13.2 Å². The molecular formula is C19H20N4O4S. The minimum Gasteiger partial charge on any atom is -0.379 e. The van der Waals surface area contributed by atoms with Crippen LogP contribution >= 0.6 is 0 Å². The van der Waals surface area contributed by atoms with Crippen molar-refractivity contribution in [2.75, 3.05) is 31.6 Å². The Bertz CT molecular complexity index is 1090. The van der Waals surface area contributed by atoms with Crippen LogP contribution < -0.4 is 5.32 Å². The van der Waals surface area contributed by atoms with Crippen molar-refractivity contribution < 1.29 is 17.9 Å². The number of ether oxygens (including phenoxy) is 1. The highest BCUT2D eigenvalue weighted by Gasteiger charge is 2.26. The predicted octanol–water partition coefficient (Wildman–Crippen LogP) is 1.70. The van der Waals surface area contributed by atoms with Crippen LogP contribution in [-0.4, -0.2) is 54.5 Å². The van der Waals surface area contributed by atoms with Gasteiger partial charge in [0.15, 0.2) is 0 Å². The number of benzene rings is 2. The zero-order valence-electron chi connectivity index (χ0n) is 15.1. The van der Waals surface area contributed by atoms with Crippen LogP contribution in [-0.2, 0) is 26.1 Å². The van der Waals surface area contributed by atoms with E-state index in [0.29, 0.717) is 32.0 Å². The number of carbonyl (C=O) groups is 1. The Labute approximate surface area is 162 Å². The molecule has 0 aliphatic carbocycles. The molecule has 146 valence electrons. The van der Waals surface area contributed by atoms with Crippen LogP contribution in [0.4, 0.5) is 5.69 Å². The van der Waals surface area contributed by atoms with Crippen molar-refractivity contribution in [2.45, 2.75) is 11.4 Å². The number of nitrogens with zero attached hydrogens (tertiary/aromatic N) is 3. The molecule has 0 unspecified atom stereocenters. The molecule has 4 rings (SSSR count). The van der Waals surface area contributed by atoms with Gasteiger partial charge in [0, 0.05) is 18.8 Å². The molecule has 8 nitrogen and oxygen atoms in total. The maximum atomic E-state index is 12.6. The van der Waals surface area contributed by atoms with E-state index in [0.717, 1.165) is 11.0 Å². The predicted molar refractivity (Wildman–Crippen MR) is 104 cm³/mol. The largest absolute Gasteiger partial charge is 0.379 e. The molecule has 0 bridgehead atoms. The van der Waals surface area contributed by atoms with E-state index in [4.69, 9.17) is 4.74 Å². The summed E-state index contributed by atoms with van der Waals surface area (Å²) in [5.41, 5.74) is 2.24. The fourth-order valence-corrected chi connectivity index (χ4v) is 4.55. The topological polar surface area (TPSA) is 93.5 Å². The normalized spacial score (nSPS) is 15.6. The van der Waals surface area contributed by atoms with Crippen LogP contribution in [0.1, 0.15) is 0 Å². The number of sulfonamides is 1. The molecule has 1 saturated heterocycles. The molecule has 28 heavy (non-hydrogen) atoms. The summed E-state index contributed by atoms with van der Waals surface area (Å²) in [7, 11) is -3.54. The summed E-state index contributed by atoms with van der Waals surface area (Å²) < 4.78 is 33.6. The molecule has 2 heterocycles. The van der Waals surface area contributed by atoms with Gasteiger partial charge in [0.1, 0.15) is 6.54 Å². The van der Waals surface area contributed by atoms with Gasteiger partial charge in [-0.3, -0.25) is 4.79 Å². The first-order chi connectivity index (χ1) is 13.5. The average molecular weight is 400 g/mol. The third kappa shape index (κ3) is 3.77. The standard InChI is InChI=1S/C19H20N4O4S/c24-19(13-22-14-20-17-3-1-2-4-18(17)22)21-15-5-7-16(8-6-15)28(25,26)23-9-11-27-12-10-23/h1-8,14H,9-13H2,(H,21,24). The summed E-state index contributed by atoms with van der Waals surface area (Å²) in [5.74, 6) is -0.216. The summed E-state index contributed by atoms with van der Waals surface area (Å²) in [6, 6.07) is 13.8. The first kappa shape index (κ1) is 18.6. The summed E-state index contributed by atoms with van der Waals surface area (Å²) in [6.07, 6.45) is 1.63. The minimum atomic E-state index is -3.54. The second-order valence-corrected chi connectivity index (χ2v) is 8.39. The SMILES string of the molecule is O=C(Cn1cnc2ccccc21)Nc1ccc(S(=O)(=O)N2CCOCC2)cc1. The van der Waals surface area contributed by atoms with Gasteiger partial charge in [-0.25, -0.2) is 13.4 Å². The second-order valence-electron chi connectivity index (χ2n) is 6.45. The van der Waals surface area contributed by atoms with E-state index in [1.807, 2.05) is 24.3 Å². The third-order valence-electron chi connectivity index (χ3n) is 4.59. The van der Waals surface area contributed by atoms with Crippen molar-refractivity contribution in [2.24, 2.45) is 0 Å². The molecule has 0 radical (unpaired) electrons. The lowest BCUT2D eigenvalue weighted by Crippen LogP contribution is -2.40. The Morgan fingerprint density at radius 1 is 1.07 bits per heavy atom. The molecule has 0 saturated carbocycles. The number of anilines is 1. The van der Waals surface area contributed by atoms with Gasteiger partial charge in [0.25, 0.3) is 0 Å². The van der Waals surface area contributed by atoms with Gasteiger partial charge in [-0.15, -0.1) is 0 Å². The van der Waals surface area contributed by atoms with Crippen LogP contribution in [0.25, 0.3) is 11.0 Å². The van der Waals surface area contributed by atoms with Gasteiger partial charge >= 0.3 is 0 Å². The molecule has 0 spiro atoms. The maximum absolute atomic E-state index is 12.6. The van der Waals surface area contributed by atoms with Gasteiger partial charge in [-0.05, 0) is 36.4 Å². The van der Waals surface area contributed by atoms with Gasteiger partial charge in [0.2, 0.25) is 15.9 Å². The molecule has 3 aromatic rings. The zero-order valence-corrected chi connectivity index (χ0v) is 15.9. The van der Waals surface area contributed by atoms with E-state index in [2.05, 4.69) is 10.3 Å². The highest BCUT2D eigenvalue weighted by molar-refractivity contribution is 7.89. The molecule has 9 heteroatoms. The first-order valence-corrected chi connectivity index (χ1v) is 10.4. The second kappa shape index (κ2) is 7.70. The molecule has 1 aromatic heterocycles. The number of nitrogens with one attached hydrogen (secondary N) is 1. The molecule has 1 N–H and O–H groups in total. The van der Waals surface area contributed by atoms with Crippen molar-refractivity contribution in [1.29, 1.82) is 0 Å². The van der Waals surface area contributed by atoms with Gasteiger partial charge in [-0.1, -0.05) is 12.1 Å². The highest BCUT2D eigenvalue weighted by atomic mass is 32.2. The van der Waals surface area contributed by atoms with E-state index >= 15 is 0 Å². The van der Waals surface area contributed by atoms with Crippen LogP contribution in [0.5, 0.6) is 0 Å². The molecule has 1 aliphatic rings. The van der Waals surface area contributed by atoms with Crippen LogP contribution in [0.2, 0.25) is 0 Å². The molecule has 1 amide bonds. The van der Waals surface area contributed by atoms with Crippen molar-refractivity contribution >= 4 is 32.7 Å². The van der Waals surface area contributed by atoms with Gasteiger partial charge in [-0.2, -0.15) is 4.31 Å². The fourth-order valence-electron chi connectivity index (χ4n) is 3.14.